The summed E-state index contributed by atoms with van der Waals surface area (Å²) in [7, 11) is 1.53. The molecule has 2 rings (SSSR count). The Labute approximate surface area is 154 Å². The molecule has 0 aliphatic rings. The van der Waals surface area contributed by atoms with E-state index in [1.807, 2.05) is 0 Å². The minimum Gasteiger partial charge on any atom is -0.383 e. The Bertz CT molecular complexity index is 739. The van der Waals surface area contributed by atoms with Gasteiger partial charge in [0.05, 0.1) is 22.9 Å². The average molecular weight is 387 g/mol. The maximum absolute atomic E-state index is 12.9. The molecule has 0 saturated heterocycles. The molecule has 0 radical (unpaired) electrons. The largest absolute Gasteiger partial charge is 0.416 e. The fourth-order valence-corrected chi connectivity index (χ4v) is 2.48. The summed E-state index contributed by atoms with van der Waals surface area (Å²) >= 11 is 5.95. The number of alkyl halides is 3. The van der Waals surface area contributed by atoms with Gasteiger partial charge in [0, 0.05) is 13.7 Å². The van der Waals surface area contributed by atoms with Crippen LogP contribution in [0.1, 0.15) is 17.2 Å². The molecule has 0 heterocycles. The molecular weight excluding hydrogens is 369 g/mol. The minimum atomic E-state index is -4.53. The van der Waals surface area contributed by atoms with Crippen LogP contribution < -0.4 is 10.6 Å². The summed E-state index contributed by atoms with van der Waals surface area (Å²) in [6.07, 6.45) is -4.53. The third-order valence-electron chi connectivity index (χ3n) is 3.60. The Morgan fingerprint density at radius 1 is 1.19 bits per heavy atom. The first-order valence-corrected chi connectivity index (χ1v) is 8.15. The van der Waals surface area contributed by atoms with Crippen LogP contribution >= 0.6 is 11.6 Å². The molecule has 1 amide bonds. The first-order valence-electron chi connectivity index (χ1n) is 7.78. The van der Waals surface area contributed by atoms with Crippen molar-refractivity contribution in [3.05, 3.63) is 64.7 Å². The van der Waals surface area contributed by atoms with Crippen molar-refractivity contribution < 1.29 is 22.7 Å². The Morgan fingerprint density at radius 3 is 2.50 bits per heavy atom. The highest BCUT2D eigenvalue weighted by Crippen LogP contribution is 2.34. The van der Waals surface area contributed by atoms with Crippen LogP contribution in [0.3, 0.4) is 0 Å². The standard InChI is InChI=1S/C18H18ClF3N2O2/c1-26-10-9-23-16(12-5-3-2-4-6-12)17(25)24-15-11-13(18(20,21)22)7-8-14(15)19/h2-8,11,16,23H,9-10H2,1H3,(H,24,25)/t16-/m0/s1. The van der Waals surface area contributed by atoms with Crippen LogP contribution in [0.5, 0.6) is 0 Å². The zero-order chi connectivity index (χ0) is 19.2. The van der Waals surface area contributed by atoms with Gasteiger partial charge in [-0.05, 0) is 23.8 Å². The molecule has 26 heavy (non-hydrogen) atoms. The smallest absolute Gasteiger partial charge is 0.383 e. The molecule has 140 valence electrons. The lowest BCUT2D eigenvalue weighted by Gasteiger charge is -2.20. The second-order valence-corrected chi connectivity index (χ2v) is 5.88. The molecule has 2 aromatic carbocycles. The quantitative estimate of drug-likeness (QED) is 0.698. The minimum absolute atomic E-state index is 0.0232. The fourth-order valence-electron chi connectivity index (χ4n) is 2.32. The van der Waals surface area contributed by atoms with Crippen LogP contribution in [0, 0.1) is 0 Å². The van der Waals surface area contributed by atoms with E-state index in [1.165, 1.54) is 7.11 Å². The van der Waals surface area contributed by atoms with Crippen LogP contribution in [0.4, 0.5) is 18.9 Å². The topological polar surface area (TPSA) is 50.4 Å². The number of hydrogen-bond donors (Lipinski definition) is 2. The zero-order valence-corrected chi connectivity index (χ0v) is 14.7. The lowest BCUT2D eigenvalue weighted by atomic mass is 10.1. The third kappa shape index (κ3) is 5.45. The summed E-state index contributed by atoms with van der Waals surface area (Å²) in [6.45, 7) is 0.765. The highest BCUT2D eigenvalue weighted by molar-refractivity contribution is 6.33. The maximum atomic E-state index is 12.9. The molecule has 0 aliphatic heterocycles. The van der Waals surface area contributed by atoms with Gasteiger partial charge in [-0.15, -0.1) is 0 Å². The molecular formula is C18H18ClF3N2O2. The fraction of sp³-hybridized carbons (Fsp3) is 0.278. The number of ether oxygens (including phenoxy) is 1. The second kappa shape index (κ2) is 9.02. The molecule has 0 fully saturated rings. The van der Waals surface area contributed by atoms with Gasteiger partial charge >= 0.3 is 6.18 Å². The monoisotopic (exact) mass is 386 g/mol. The predicted octanol–water partition coefficient (Wildman–Crippen LogP) is 4.27. The van der Waals surface area contributed by atoms with Gasteiger partial charge in [-0.1, -0.05) is 41.9 Å². The molecule has 0 aromatic heterocycles. The predicted molar refractivity (Wildman–Crippen MR) is 94.1 cm³/mol. The number of methoxy groups -OCH3 is 1. The molecule has 0 bridgehead atoms. The van der Waals surface area contributed by atoms with Gasteiger partial charge in [0.15, 0.2) is 0 Å². The normalized spacial score (nSPS) is 12.7. The molecule has 4 nitrogen and oxygen atoms in total. The van der Waals surface area contributed by atoms with E-state index in [4.69, 9.17) is 16.3 Å². The van der Waals surface area contributed by atoms with Crippen molar-refractivity contribution in [2.75, 3.05) is 25.6 Å². The molecule has 0 spiro atoms. The van der Waals surface area contributed by atoms with Crippen LogP contribution in [0.25, 0.3) is 0 Å². The Morgan fingerprint density at radius 2 is 1.88 bits per heavy atom. The zero-order valence-electron chi connectivity index (χ0n) is 13.9. The number of carbonyl (C=O) groups is 1. The molecule has 2 aromatic rings. The van der Waals surface area contributed by atoms with E-state index in [0.717, 1.165) is 18.2 Å². The lowest BCUT2D eigenvalue weighted by Crippen LogP contribution is -2.35. The number of nitrogens with one attached hydrogen (secondary N) is 2. The molecule has 0 aliphatic carbocycles. The van der Waals surface area contributed by atoms with Gasteiger partial charge in [0.25, 0.3) is 0 Å². The summed E-state index contributed by atoms with van der Waals surface area (Å²) in [5, 5.41) is 5.52. The van der Waals surface area contributed by atoms with E-state index >= 15 is 0 Å². The highest BCUT2D eigenvalue weighted by atomic mass is 35.5. The third-order valence-corrected chi connectivity index (χ3v) is 3.93. The molecule has 0 unspecified atom stereocenters. The van der Waals surface area contributed by atoms with Crippen molar-refractivity contribution in [2.24, 2.45) is 0 Å². The summed E-state index contributed by atoms with van der Waals surface area (Å²) in [6, 6.07) is 10.9. The van der Waals surface area contributed by atoms with E-state index in [0.29, 0.717) is 18.7 Å². The number of amides is 1. The van der Waals surface area contributed by atoms with Gasteiger partial charge in [0.1, 0.15) is 6.04 Å². The summed E-state index contributed by atoms with van der Waals surface area (Å²) < 4.78 is 43.6. The highest BCUT2D eigenvalue weighted by Gasteiger charge is 2.31. The summed E-state index contributed by atoms with van der Waals surface area (Å²) in [4.78, 5) is 12.7. The van der Waals surface area contributed by atoms with Crippen molar-refractivity contribution >= 4 is 23.2 Å². The Balaban J connectivity index is 2.24. The van der Waals surface area contributed by atoms with E-state index in [9.17, 15) is 18.0 Å². The number of anilines is 1. The van der Waals surface area contributed by atoms with Crippen molar-refractivity contribution in [3.8, 4) is 0 Å². The van der Waals surface area contributed by atoms with Crippen LogP contribution in [0.2, 0.25) is 5.02 Å². The van der Waals surface area contributed by atoms with Gasteiger partial charge < -0.3 is 10.1 Å². The number of benzene rings is 2. The molecule has 2 N–H and O–H groups in total. The van der Waals surface area contributed by atoms with Crippen molar-refractivity contribution in [1.29, 1.82) is 0 Å². The van der Waals surface area contributed by atoms with Crippen LogP contribution in [-0.2, 0) is 15.7 Å². The second-order valence-electron chi connectivity index (χ2n) is 5.47. The first kappa shape index (κ1) is 20.2. The van der Waals surface area contributed by atoms with Gasteiger partial charge in [-0.25, -0.2) is 0 Å². The van der Waals surface area contributed by atoms with Crippen molar-refractivity contribution in [3.63, 3.8) is 0 Å². The van der Waals surface area contributed by atoms with Crippen molar-refractivity contribution in [1.82, 2.24) is 5.32 Å². The summed E-state index contributed by atoms with van der Waals surface area (Å²) in [5.41, 5.74) is -0.314. The van der Waals surface area contributed by atoms with Gasteiger partial charge in [-0.3, -0.25) is 10.1 Å². The van der Waals surface area contributed by atoms with Crippen LogP contribution in [-0.4, -0.2) is 26.2 Å². The van der Waals surface area contributed by atoms with Gasteiger partial charge in [-0.2, -0.15) is 13.2 Å². The van der Waals surface area contributed by atoms with Gasteiger partial charge in [0.2, 0.25) is 5.91 Å². The van der Waals surface area contributed by atoms with E-state index in [2.05, 4.69) is 10.6 Å². The molecule has 1 atom stereocenters. The maximum Gasteiger partial charge on any atom is 0.416 e. The van der Waals surface area contributed by atoms with E-state index in [1.54, 1.807) is 30.3 Å². The van der Waals surface area contributed by atoms with E-state index < -0.39 is 23.7 Å². The number of hydrogen-bond acceptors (Lipinski definition) is 3. The van der Waals surface area contributed by atoms with E-state index in [-0.39, 0.29) is 10.7 Å². The Hall–Kier alpha value is -2.09. The summed E-state index contributed by atoms with van der Waals surface area (Å²) in [5.74, 6) is -0.520. The van der Waals surface area contributed by atoms with Crippen LogP contribution in [0.15, 0.2) is 48.5 Å². The average Bonchev–Trinajstić information content (AvgIpc) is 2.60. The number of rotatable bonds is 7. The lowest BCUT2D eigenvalue weighted by molar-refractivity contribution is -0.137. The first-order chi connectivity index (χ1) is 12.3. The Kier molecular flexibility index (Phi) is 7.02. The number of carbonyl (C=O) groups excluding carboxylic acids is 1. The molecule has 8 heteroatoms. The SMILES string of the molecule is COCCN[C@H](C(=O)Nc1cc(C(F)(F)F)ccc1Cl)c1ccccc1. The van der Waals surface area contributed by atoms with Crippen molar-refractivity contribution in [2.45, 2.75) is 12.2 Å². The number of halogens is 4. The molecule has 0 saturated carbocycles.